The zero-order valence-corrected chi connectivity index (χ0v) is 11.9. The second-order valence-corrected chi connectivity index (χ2v) is 6.07. The fourth-order valence-corrected chi connectivity index (χ4v) is 2.68. The van der Waals surface area contributed by atoms with Gasteiger partial charge in [-0.15, -0.1) is 11.3 Å². The zero-order valence-electron chi connectivity index (χ0n) is 11.1. The predicted octanol–water partition coefficient (Wildman–Crippen LogP) is 3.14. The normalized spacial score (nSPS) is 14.9. The lowest BCUT2D eigenvalue weighted by Gasteiger charge is -2.12. The van der Waals surface area contributed by atoms with Gasteiger partial charge in [-0.25, -0.2) is 0 Å². The molecule has 0 unspecified atom stereocenters. The molecule has 4 nitrogen and oxygen atoms in total. The largest absolute Gasteiger partial charge is 0.486 e. The molecule has 1 aromatic heterocycles. The molecule has 18 heavy (non-hydrogen) atoms. The molecule has 1 aromatic rings. The van der Waals surface area contributed by atoms with Crippen LogP contribution in [0.1, 0.15) is 43.3 Å². The summed E-state index contributed by atoms with van der Waals surface area (Å²) in [7, 11) is 0. The highest BCUT2D eigenvalue weighted by molar-refractivity contribution is 7.19. The highest BCUT2D eigenvalue weighted by atomic mass is 32.1. The van der Waals surface area contributed by atoms with Crippen molar-refractivity contribution in [1.29, 1.82) is 0 Å². The van der Waals surface area contributed by atoms with Crippen molar-refractivity contribution in [2.75, 3.05) is 17.6 Å². The summed E-state index contributed by atoms with van der Waals surface area (Å²) in [5, 5.41) is 4.25. The Morgan fingerprint density at radius 1 is 1.56 bits per heavy atom. The third kappa shape index (κ3) is 2.96. The molecule has 0 spiro atoms. The Bertz CT molecular complexity index is 450. The van der Waals surface area contributed by atoms with E-state index in [1.807, 2.05) is 13.8 Å². The van der Waals surface area contributed by atoms with Crippen LogP contribution in [0.15, 0.2) is 0 Å². The van der Waals surface area contributed by atoms with Crippen LogP contribution in [0, 0.1) is 5.92 Å². The van der Waals surface area contributed by atoms with Crippen molar-refractivity contribution < 1.29 is 9.53 Å². The summed E-state index contributed by atoms with van der Waals surface area (Å²) in [5.41, 5.74) is 6.47. The molecule has 0 bridgehead atoms. The molecule has 0 atom stereocenters. The van der Waals surface area contributed by atoms with E-state index in [9.17, 15) is 4.79 Å². The van der Waals surface area contributed by atoms with Crippen LogP contribution < -0.4 is 15.8 Å². The molecule has 1 heterocycles. The minimum absolute atomic E-state index is 0.00872. The minimum atomic E-state index is -0.00872. The van der Waals surface area contributed by atoms with E-state index in [2.05, 4.69) is 5.32 Å². The second kappa shape index (κ2) is 5.18. The SMILES string of the molecule is CC(=O)c1sc(NCC2CC2)c(OC(C)C)c1N. The Labute approximate surface area is 112 Å². The van der Waals surface area contributed by atoms with Gasteiger partial charge in [-0.1, -0.05) is 0 Å². The Balaban J connectivity index is 2.22. The molecule has 100 valence electrons. The van der Waals surface area contributed by atoms with Gasteiger partial charge in [-0.3, -0.25) is 4.79 Å². The molecular formula is C13H20N2O2S. The molecule has 2 rings (SSSR count). The van der Waals surface area contributed by atoms with Gasteiger partial charge in [0.2, 0.25) is 0 Å². The molecule has 0 saturated heterocycles. The van der Waals surface area contributed by atoms with E-state index in [0.717, 1.165) is 17.5 Å². The Kier molecular flexibility index (Phi) is 3.80. The molecule has 1 aliphatic rings. The third-order valence-electron chi connectivity index (χ3n) is 2.82. The van der Waals surface area contributed by atoms with Crippen molar-refractivity contribution in [3.05, 3.63) is 4.88 Å². The van der Waals surface area contributed by atoms with Gasteiger partial charge < -0.3 is 15.8 Å². The summed E-state index contributed by atoms with van der Waals surface area (Å²) in [6.07, 6.45) is 2.62. The first-order valence-corrected chi connectivity index (χ1v) is 7.14. The maximum atomic E-state index is 11.5. The van der Waals surface area contributed by atoms with E-state index in [0.29, 0.717) is 16.3 Å². The summed E-state index contributed by atoms with van der Waals surface area (Å²) in [6, 6.07) is 0. The lowest BCUT2D eigenvalue weighted by Crippen LogP contribution is -2.09. The van der Waals surface area contributed by atoms with Crippen molar-refractivity contribution in [2.24, 2.45) is 5.92 Å². The van der Waals surface area contributed by atoms with Gasteiger partial charge in [0.1, 0.15) is 5.00 Å². The lowest BCUT2D eigenvalue weighted by molar-refractivity contribution is 0.102. The van der Waals surface area contributed by atoms with E-state index in [-0.39, 0.29) is 11.9 Å². The number of hydrogen-bond acceptors (Lipinski definition) is 5. The number of anilines is 2. The number of hydrogen-bond donors (Lipinski definition) is 2. The van der Waals surface area contributed by atoms with Crippen LogP contribution in [0.25, 0.3) is 0 Å². The Hall–Kier alpha value is -1.23. The topological polar surface area (TPSA) is 64.3 Å². The van der Waals surface area contributed by atoms with Crippen LogP contribution in [-0.2, 0) is 0 Å². The monoisotopic (exact) mass is 268 g/mol. The summed E-state index contributed by atoms with van der Waals surface area (Å²) in [5.74, 6) is 1.40. The quantitative estimate of drug-likeness (QED) is 0.778. The Morgan fingerprint density at radius 3 is 2.72 bits per heavy atom. The van der Waals surface area contributed by atoms with Crippen LogP contribution in [-0.4, -0.2) is 18.4 Å². The van der Waals surface area contributed by atoms with Gasteiger partial charge in [-0.05, 0) is 32.6 Å². The number of nitrogens with one attached hydrogen (secondary N) is 1. The number of nitrogens with two attached hydrogens (primary N) is 1. The number of carbonyl (C=O) groups excluding carboxylic acids is 1. The first kappa shape index (κ1) is 13.2. The van der Waals surface area contributed by atoms with Crippen molar-refractivity contribution in [3.8, 4) is 5.75 Å². The second-order valence-electron chi connectivity index (χ2n) is 5.05. The smallest absolute Gasteiger partial charge is 0.177 e. The number of carbonyl (C=O) groups is 1. The van der Waals surface area contributed by atoms with Crippen molar-refractivity contribution >= 4 is 27.8 Å². The number of rotatable bonds is 6. The summed E-state index contributed by atoms with van der Waals surface area (Å²) in [4.78, 5) is 12.1. The van der Waals surface area contributed by atoms with Crippen LogP contribution in [0.3, 0.4) is 0 Å². The van der Waals surface area contributed by atoms with Crippen LogP contribution in [0.2, 0.25) is 0 Å². The molecule has 1 saturated carbocycles. The molecule has 5 heteroatoms. The Morgan fingerprint density at radius 2 is 2.22 bits per heavy atom. The van der Waals surface area contributed by atoms with Gasteiger partial charge in [0, 0.05) is 13.5 Å². The minimum Gasteiger partial charge on any atom is -0.486 e. The van der Waals surface area contributed by atoms with E-state index in [1.165, 1.54) is 31.1 Å². The third-order valence-corrected chi connectivity index (χ3v) is 4.07. The number of ether oxygens (including phenoxy) is 1. The van der Waals surface area contributed by atoms with Crippen LogP contribution in [0.5, 0.6) is 5.75 Å². The molecule has 3 N–H and O–H groups in total. The predicted molar refractivity (Wildman–Crippen MR) is 75.7 cm³/mol. The van der Waals surface area contributed by atoms with Crippen molar-refractivity contribution in [1.82, 2.24) is 0 Å². The first-order valence-electron chi connectivity index (χ1n) is 6.32. The number of nitrogen functional groups attached to an aromatic ring is 1. The van der Waals surface area contributed by atoms with Gasteiger partial charge in [0.05, 0.1) is 16.7 Å². The fourth-order valence-electron chi connectivity index (χ4n) is 1.72. The van der Waals surface area contributed by atoms with Gasteiger partial charge >= 0.3 is 0 Å². The maximum absolute atomic E-state index is 11.5. The standard InChI is InChI=1S/C13H20N2O2S/c1-7(2)17-11-10(14)12(8(3)16)18-13(11)15-6-9-4-5-9/h7,9,15H,4-6,14H2,1-3H3. The summed E-state index contributed by atoms with van der Waals surface area (Å²) < 4.78 is 5.73. The van der Waals surface area contributed by atoms with E-state index >= 15 is 0 Å². The number of Topliss-reactive ketones (excluding diaryl/α,β-unsaturated/α-hetero) is 1. The first-order chi connectivity index (χ1) is 8.49. The average molecular weight is 268 g/mol. The van der Waals surface area contributed by atoms with Crippen LogP contribution in [0.4, 0.5) is 10.7 Å². The van der Waals surface area contributed by atoms with Gasteiger partial charge in [0.25, 0.3) is 0 Å². The van der Waals surface area contributed by atoms with Gasteiger partial charge in [0.15, 0.2) is 11.5 Å². The molecule has 1 fully saturated rings. The van der Waals surface area contributed by atoms with Crippen molar-refractivity contribution in [2.45, 2.75) is 39.7 Å². The number of thiophene rings is 1. The molecular weight excluding hydrogens is 248 g/mol. The fraction of sp³-hybridized carbons (Fsp3) is 0.615. The summed E-state index contributed by atoms with van der Waals surface area (Å²) in [6.45, 7) is 6.38. The van der Waals surface area contributed by atoms with E-state index in [1.54, 1.807) is 0 Å². The molecule has 0 radical (unpaired) electrons. The molecule has 1 aliphatic carbocycles. The molecule has 0 aliphatic heterocycles. The lowest BCUT2D eigenvalue weighted by atomic mass is 10.3. The average Bonchev–Trinajstić information content (AvgIpc) is 3.04. The highest BCUT2D eigenvalue weighted by Crippen LogP contribution is 2.44. The van der Waals surface area contributed by atoms with Crippen molar-refractivity contribution in [3.63, 3.8) is 0 Å². The number of ketones is 1. The maximum Gasteiger partial charge on any atom is 0.177 e. The molecule has 0 amide bonds. The zero-order chi connectivity index (χ0) is 13.3. The molecule has 0 aromatic carbocycles. The van der Waals surface area contributed by atoms with E-state index in [4.69, 9.17) is 10.5 Å². The van der Waals surface area contributed by atoms with Crippen LogP contribution >= 0.6 is 11.3 Å². The van der Waals surface area contributed by atoms with Gasteiger partial charge in [-0.2, -0.15) is 0 Å². The highest BCUT2D eigenvalue weighted by Gasteiger charge is 2.24. The van der Waals surface area contributed by atoms with E-state index < -0.39 is 0 Å². The summed E-state index contributed by atoms with van der Waals surface area (Å²) >= 11 is 1.40.